The number of methoxy groups -OCH3 is 2. The molecule has 1 unspecified atom stereocenters. The van der Waals surface area contributed by atoms with Gasteiger partial charge in [-0.1, -0.05) is 56.3 Å². The summed E-state index contributed by atoms with van der Waals surface area (Å²) in [6, 6.07) is 31.6. The van der Waals surface area contributed by atoms with Crippen LogP contribution in [0.2, 0.25) is 0 Å². The summed E-state index contributed by atoms with van der Waals surface area (Å²) in [6.07, 6.45) is 3.32. The van der Waals surface area contributed by atoms with Gasteiger partial charge in [-0.2, -0.15) is 0 Å². The highest BCUT2D eigenvalue weighted by Crippen LogP contribution is 2.41. The second-order valence-electron chi connectivity index (χ2n) is 12.8. The number of fused-ring (bicyclic) bond motifs is 1. The zero-order chi connectivity index (χ0) is 31.4. The Balaban J connectivity index is 1.09. The number of nitrogens with zero attached hydrogens (tertiary/aromatic N) is 2. The molecule has 4 aromatic carbocycles. The fraction of sp³-hybridized carbons (Fsp3) is 0.342. The highest BCUT2D eigenvalue weighted by atomic mass is 32.2. The zero-order valence-electron chi connectivity index (χ0n) is 26.7. The Bertz CT molecular complexity index is 1600. The van der Waals surface area contributed by atoms with Crippen LogP contribution in [-0.2, 0) is 13.0 Å². The van der Waals surface area contributed by atoms with Gasteiger partial charge in [0.25, 0.3) is 5.91 Å². The van der Waals surface area contributed by atoms with Gasteiger partial charge in [-0.05, 0) is 107 Å². The molecule has 2 heterocycles. The molecule has 0 bridgehead atoms. The fourth-order valence-corrected chi connectivity index (χ4v) is 7.05. The van der Waals surface area contributed by atoms with Gasteiger partial charge in [-0.25, -0.2) is 0 Å². The lowest BCUT2D eigenvalue weighted by Crippen LogP contribution is -2.37. The summed E-state index contributed by atoms with van der Waals surface area (Å²) in [5, 5.41) is 0. The van der Waals surface area contributed by atoms with Crippen LogP contribution in [0.4, 0.5) is 5.69 Å². The molecule has 1 amide bonds. The highest BCUT2D eigenvalue weighted by Gasteiger charge is 2.30. The van der Waals surface area contributed by atoms with E-state index >= 15 is 0 Å². The molecule has 6 nitrogen and oxygen atoms in total. The summed E-state index contributed by atoms with van der Waals surface area (Å²) < 4.78 is 14.3. The summed E-state index contributed by atoms with van der Waals surface area (Å²) in [7, 11) is 3.38. The van der Waals surface area contributed by atoms with E-state index in [1.54, 1.807) is 14.2 Å². The zero-order valence-corrected chi connectivity index (χ0v) is 27.5. The Morgan fingerprint density at radius 3 is 2.20 bits per heavy atom. The summed E-state index contributed by atoms with van der Waals surface area (Å²) in [5.41, 5.74) is 7.32. The molecule has 0 saturated carbocycles. The van der Waals surface area contributed by atoms with E-state index < -0.39 is 0 Å². The number of hydrogen-bond acceptors (Lipinski definition) is 6. The molecule has 0 spiro atoms. The van der Waals surface area contributed by atoms with Crippen molar-refractivity contribution in [1.29, 1.82) is 0 Å². The van der Waals surface area contributed by atoms with Crippen LogP contribution in [0.1, 0.15) is 65.3 Å². The predicted octanol–water partition coefficient (Wildman–Crippen LogP) is 7.92. The standard InChI is InChI=1S/C38H43N3O3S/c1-38(2)19-22-40(23-20-38)31-14-12-29(13-15-31)37(42)39-45-32-16-10-27(11-17-32)26-41-21-18-30-24-34(43-3)35(44-4)25-33(30)36(41)28-8-6-5-7-9-28/h5-17,24-25,36H,18-23,26H2,1-4H3,(H,39,42). The van der Waals surface area contributed by atoms with Gasteiger partial charge >= 0.3 is 0 Å². The molecule has 1 N–H and O–H groups in total. The first kappa shape index (κ1) is 31.1. The maximum atomic E-state index is 12.9. The third-order valence-corrected chi connectivity index (χ3v) is 10.1. The number of ether oxygens (including phenoxy) is 2. The van der Waals surface area contributed by atoms with Crippen molar-refractivity contribution in [2.75, 3.05) is 38.8 Å². The smallest absolute Gasteiger partial charge is 0.261 e. The third kappa shape index (κ3) is 7.15. The van der Waals surface area contributed by atoms with E-state index in [9.17, 15) is 4.79 Å². The van der Waals surface area contributed by atoms with Gasteiger partial charge < -0.3 is 14.4 Å². The van der Waals surface area contributed by atoms with Crippen molar-refractivity contribution in [3.05, 3.63) is 119 Å². The first-order valence-electron chi connectivity index (χ1n) is 15.8. The van der Waals surface area contributed by atoms with Gasteiger partial charge in [-0.15, -0.1) is 0 Å². The fourth-order valence-electron chi connectivity index (χ4n) is 6.45. The molecule has 2 aliphatic heterocycles. The number of anilines is 1. The SMILES string of the molecule is COc1cc2c(cc1OC)C(c1ccccc1)N(Cc1ccc(SNC(=O)c3ccc(N4CCC(C)(C)CC4)cc3)cc1)CC2. The molecule has 0 aliphatic carbocycles. The summed E-state index contributed by atoms with van der Waals surface area (Å²) >= 11 is 1.36. The second kappa shape index (κ2) is 13.6. The molecule has 1 fully saturated rings. The minimum atomic E-state index is -0.0832. The number of piperidine rings is 1. The van der Waals surface area contributed by atoms with E-state index in [2.05, 4.69) is 107 Å². The van der Waals surface area contributed by atoms with E-state index in [1.165, 1.54) is 52.7 Å². The van der Waals surface area contributed by atoms with Gasteiger partial charge in [0.1, 0.15) is 0 Å². The normalized spacial score (nSPS) is 17.8. The van der Waals surface area contributed by atoms with Gasteiger partial charge in [0, 0.05) is 42.3 Å². The molecular formula is C38H43N3O3S. The van der Waals surface area contributed by atoms with Crippen molar-refractivity contribution in [3.63, 3.8) is 0 Å². The Kier molecular flexibility index (Phi) is 9.38. The van der Waals surface area contributed by atoms with Crippen molar-refractivity contribution >= 4 is 23.5 Å². The Morgan fingerprint density at radius 1 is 0.867 bits per heavy atom. The Labute approximate surface area is 271 Å². The monoisotopic (exact) mass is 621 g/mol. The van der Waals surface area contributed by atoms with Crippen molar-refractivity contribution in [2.24, 2.45) is 5.41 Å². The third-order valence-electron chi connectivity index (χ3n) is 9.27. The molecule has 7 heteroatoms. The van der Waals surface area contributed by atoms with Crippen LogP contribution < -0.4 is 19.1 Å². The minimum Gasteiger partial charge on any atom is -0.493 e. The van der Waals surface area contributed by atoms with Crippen molar-refractivity contribution in [3.8, 4) is 11.5 Å². The van der Waals surface area contributed by atoms with Crippen LogP contribution in [0.25, 0.3) is 0 Å². The maximum absolute atomic E-state index is 12.9. The van der Waals surface area contributed by atoms with Crippen molar-refractivity contribution in [1.82, 2.24) is 9.62 Å². The van der Waals surface area contributed by atoms with Gasteiger partial charge in [0.05, 0.1) is 20.3 Å². The lowest BCUT2D eigenvalue weighted by Gasteiger charge is -2.38. The van der Waals surface area contributed by atoms with E-state index in [4.69, 9.17) is 9.47 Å². The highest BCUT2D eigenvalue weighted by molar-refractivity contribution is 7.98. The molecule has 1 atom stereocenters. The van der Waals surface area contributed by atoms with Crippen LogP contribution in [0.3, 0.4) is 0 Å². The van der Waals surface area contributed by atoms with E-state index in [1.807, 2.05) is 12.1 Å². The number of rotatable bonds is 9. The van der Waals surface area contributed by atoms with Crippen molar-refractivity contribution < 1.29 is 14.3 Å². The lowest BCUT2D eigenvalue weighted by molar-refractivity contribution is 0.0984. The quantitative estimate of drug-likeness (QED) is 0.192. The number of nitrogens with one attached hydrogen (secondary N) is 1. The molecular weight excluding hydrogens is 579 g/mol. The second-order valence-corrected chi connectivity index (χ2v) is 13.7. The van der Waals surface area contributed by atoms with Crippen LogP contribution >= 0.6 is 11.9 Å². The van der Waals surface area contributed by atoms with Gasteiger partial charge in [-0.3, -0.25) is 14.4 Å². The van der Waals surface area contributed by atoms with E-state index in [-0.39, 0.29) is 11.9 Å². The first-order chi connectivity index (χ1) is 21.8. The van der Waals surface area contributed by atoms with Crippen molar-refractivity contribution in [2.45, 2.75) is 50.6 Å². The van der Waals surface area contributed by atoms with Gasteiger partial charge in [0.2, 0.25) is 0 Å². The topological polar surface area (TPSA) is 54.0 Å². The molecule has 45 heavy (non-hydrogen) atoms. The average Bonchev–Trinajstić information content (AvgIpc) is 3.07. The number of hydrogen-bond donors (Lipinski definition) is 1. The number of amides is 1. The molecule has 1 saturated heterocycles. The van der Waals surface area contributed by atoms with E-state index in [0.29, 0.717) is 11.0 Å². The molecule has 4 aromatic rings. The average molecular weight is 622 g/mol. The lowest BCUT2D eigenvalue weighted by atomic mass is 9.82. The summed E-state index contributed by atoms with van der Waals surface area (Å²) in [6.45, 7) is 8.55. The van der Waals surface area contributed by atoms with Crippen LogP contribution in [-0.4, -0.2) is 44.7 Å². The Morgan fingerprint density at radius 2 is 1.53 bits per heavy atom. The first-order valence-corrected chi connectivity index (χ1v) is 16.6. The predicted molar refractivity (Wildman–Crippen MR) is 183 cm³/mol. The number of carbonyl (C=O) groups excluding carboxylic acids is 1. The molecule has 234 valence electrons. The summed E-state index contributed by atoms with van der Waals surface area (Å²) in [4.78, 5) is 18.9. The van der Waals surface area contributed by atoms with Crippen LogP contribution in [0, 0.1) is 5.41 Å². The number of benzene rings is 4. The van der Waals surface area contributed by atoms with Crippen LogP contribution in [0.15, 0.2) is 95.9 Å². The largest absolute Gasteiger partial charge is 0.493 e. The minimum absolute atomic E-state index is 0.0832. The molecule has 2 aliphatic rings. The molecule has 0 aromatic heterocycles. The summed E-state index contributed by atoms with van der Waals surface area (Å²) in [5.74, 6) is 1.44. The Hall–Kier alpha value is -3.94. The van der Waals surface area contributed by atoms with Gasteiger partial charge in [0.15, 0.2) is 11.5 Å². The van der Waals surface area contributed by atoms with Crippen LogP contribution in [0.5, 0.6) is 11.5 Å². The number of carbonyl (C=O) groups is 1. The maximum Gasteiger partial charge on any atom is 0.261 e. The van der Waals surface area contributed by atoms with E-state index in [0.717, 1.165) is 49.0 Å². The molecule has 0 radical (unpaired) electrons. The molecule has 6 rings (SSSR count).